The zero-order chi connectivity index (χ0) is 32.5. The van der Waals surface area contributed by atoms with E-state index in [-0.39, 0.29) is 12.8 Å². The maximum atomic E-state index is 12.6. The van der Waals surface area contributed by atoms with Crippen LogP contribution in [-0.4, -0.2) is 80.8 Å². The second-order valence-electron chi connectivity index (χ2n) is 10.7. The minimum Gasteiger partial charge on any atom is -0.858 e. The van der Waals surface area contributed by atoms with Crippen molar-refractivity contribution in [2.24, 2.45) is 0 Å². The van der Waals surface area contributed by atoms with E-state index in [1.807, 2.05) is 0 Å². The number of phosphoric ester groups is 1. The molecule has 16 heteroatoms. The molecule has 6 atom stereocenters. The molecule has 15 nitrogen and oxygen atoms in total. The van der Waals surface area contributed by atoms with E-state index in [1.165, 1.54) is 0 Å². The highest BCUT2D eigenvalue weighted by Gasteiger charge is 2.45. The van der Waals surface area contributed by atoms with E-state index in [1.54, 1.807) is 0 Å². The van der Waals surface area contributed by atoms with Crippen molar-refractivity contribution in [2.75, 3.05) is 19.8 Å². The molecule has 2 rings (SSSR count). The van der Waals surface area contributed by atoms with Gasteiger partial charge in [0.2, 0.25) is 0 Å². The summed E-state index contributed by atoms with van der Waals surface area (Å²) in [6.07, 6.45) is 3.29. The summed E-state index contributed by atoms with van der Waals surface area (Å²) < 4.78 is 39.3. The lowest BCUT2D eigenvalue weighted by Crippen LogP contribution is -2.36. The zero-order valence-corrected chi connectivity index (χ0v) is 26.3. The van der Waals surface area contributed by atoms with Gasteiger partial charge in [0.25, 0.3) is 0 Å². The predicted octanol–water partition coefficient (Wildman–Crippen LogP) is 2.25. The van der Waals surface area contributed by atoms with E-state index < -0.39 is 81.8 Å². The van der Waals surface area contributed by atoms with Crippen LogP contribution < -0.4 is 10.8 Å². The SMILES string of the molecule is CCCCCCCC(=O)OC[C@H](COP(=O)(O)OC[C@H]1O[C@@H](n2ccc([O-])nc2=O)[C@H](O)[C@@H]1O)OC(=O)CCCCCCC. The summed E-state index contributed by atoms with van der Waals surface area (Å²) in [5, 5.41) is 31.9. The third kappa shape index (κ3) is 13.7. The molecule has 1 aromatic heterocycles. The summed E-state index contributed by atoms with van der Waals surface area (Å²) >= 11 is 0. The van der Waals surface area contributed by atoms with Crippen LogP contribution in [0.4, 0.5) is 0 Å². The van der Waals surface area contributed by atoms with Gasteiger partial charge in [0.1, 0.15) is 24.9 Å². The van der Waals surface area contributed by atoms with Crippen molar-refractivity contribution in [3.63, 3.8) is 0 Å². The average Bonchev–Trinajstić information content (AvgIpc) is 3.26. The summed E-state index contributed by atoms with van der Waals surface area (Å²) in [4.78, 5) is 50.0. The first-order valence-electron chi connectivity index (χ1n) is 15.2. The van der Waals surface area contributed by atoms with Crippen molar-refractivity contribution in [3.05, 3.63) is 22.7 Å². The monoisotopic (exact) mass is 649 g/mol. The second-order valence-corrected chi connectivity index (χ2v) is 12.1. The van der Waals surface area contributed by atoms with Crippen LogP contribution in [0.3, 0.4) is 0 Å². The van der Waals surface area contributed by atoms with E-state index in [9.17, 15) is 39.2 Å². The Labute approximate surface area is 257 Å². The van der Waals surface area contributed by atoms with E-state index >= 15 is 0 Å². The molecule has 3 N–H and O–H groups in total. The Morgan fingerprint density at radius 3 is 2.20 bits per heavy atom. The van der Waals surface area contributed by atoms with Gasteiger partial charge in [0, 0.05) is 19.0 Å². The minimum absolute atomic E-state index is 0.120. The molecule has 0 aliphatic carbocycles. The van der Waals surface area contributed by atoms with Crippen LogP contribution in [0.2, 0.25) is 0 Å². The Bertz CT molecular complexity index is 1120. The van der Waals surface area contributed by atoms with Crippen LogP contribution in [0, 0.1) is 0 Å². The number of aliphatic hydroxyl groups is 2. The van der Waals surface area contributed by atoms with Crippen LogP contribution in [0.25, 0.3) is 0 Å². The molecule has 2 heterocycles. The lowest BCUT2D eigenvalue weighted by molar-refractivity contribution is -0.275. The van der Waals surface area contributed by atoms with E-state index in [0.29, 0.717) is 12.8 Å². The Morgan fingerprint density at radius 2 is 1.59 bits per heavy atom. The van der Waals surface area contributed by atoms with Gasteiger partial charge in [-0.2, -0.15) is 0 Å². The lowest BCUT2D eigenvalue weighted by atomic mass is 10.1. The van der Waals surface area contributed by atoms with Crippen molar-refractivity contribution < 1.29 is 57.6 Å². The second kappa shape index (κ2) is 19.9. The van der Waals surface area contributed by atoms with Gasteiger partial charge in [-0.15, -0.1) is 0 Å². The number of hydrogen-bond donors (Lipinski definition) is 3. The van der Waals surface area contributed by atoms with Crippen LogP contribution in [0.5, 0.6) is 5.88 Å². The Morgan fingerprint density at radius 1 is 0.977 bits per heavy atom. The predicted molar refractivity (Wildman–Crippen MR) is 153 cm³/mol. The molecule has 1 fully saturated rings. The molecule has 1 aliphatic rings. The molecular formula is C28H46N2O13P-. The summed E-state index contributed by atoms with van der Waals surface area (Å²) in [6, 6.07) is 0.962. The van der Waals surface area contributed by atoms with Gasteiger partial charge in [0.05, 0.1) is 13.2 Å². The normalized spacial score (nSPS) is 21.9. The lowest BCUT2D eigenvalue weighted by Gasteiger charge is -2.21. The summed E-state index contributed by atoms with van der Waals surface area (Å²) in [5.41, 5.74) is -1.02. The van der Waals surface area contributed by atoms with E-state index in [0.717, 1.165) is 68.2 Å². The van der Waals surface area contributed by atoms with Crippen LogP contribution in [-0.2, 0) is 37.4 Å². The summed E-state index contributed by atoms with van der Waals surface area (Å²) in [5.74, 6) is -1.87. The van der Waals surface area contributed by atoms with E-state index in [2.05, 4.69) is 18.8 Å². The number of hydrogen-bond acceptors (Lipinski definition) is 13. The standard InChI is InChI=1S/C28H47N2O13P/c1-3-5-7-9-11-13-23(32)39-17-20(42-24(33)14-12-10-8-6-4-2)18-40-44(37,38)41-19-21-25(34)26(35)27(43-21)30-16-15-22(31)29-28(30)36/h15-16,20-21,25-27,34-35H,3-14,17-19H2,1-2H3,(H,37,38)(H,29,31,36)/p-1/t20-,21-,25-,26-,27-/m1/s1. The summed E-state index contributed by atoms with van der Waals surface area (Å²) in [6.45, 7) is 2.40. The minimum atomic E-state index is -4.83. The smallest absolute Gasteiger partial charge is 0.472 e. The number of nitrogens with zero attached hydrogens (tertiary/aromatic N) is 2. The van der Waals surface area contributed by atoms with Crippen molar-refractivity contribution in [1.82, 2.24) is 9.55 Å². The first-order valence-corrected chi connectivity index (χ1v) is 16.7. The maximum absolute atomic E-state index is 12.6. The first kappa shape index (κ1) is 37.8. The van der Waals surface area contributed by atoms with Gasteiger partial charge in [-0.1, -0.05) is 65.2 Å². The number of esters is 2. The average molecular weight is 650 g/mol. The van der Waals surface area contributed by atoms with Gasteiger partial charge in [-0.25, -0.2) is 14.3 Å². The third-order valence-electron chi connectivity index (χ3n) is 6.94. The van der Waals surface area contributed by atoms with Gasteiger partial charge in [-0.3, -0.25) is 23.2 Å². The van der Waals surface area contributed by atoms with Crippen LogP contribution in [0.15, 0.2) is 17.1 Å². The van der Waals surface area contributed by atoms with Crippen molar-refractivity contribution in [3.8, 4) is 5.88 Å². The molecule has 0 aromatic carbocycles. The van der Waals surface area contributed by atoms with Crippen LogP contribution in [0.1, 0.15) is 97.1 Å². The highest BCUT2D eigenvalue weighted by Crippen LogP contribution is 2.44. The number of phosphoric acid groups is 1. The fraction of sp³-hybridized carbons (Fsp3) is 0.786. The quantitative estimate of drug-likeness (QED) is 0.0933. The van der Waals surface area contributed by atoms with Gasteiger partial charge in [0.15, 0.2) is 12.3 Å². The number of ether oxygens (including phenoxy) is 3. The molecule has 1 unspecified atom stereocenters. The number of rotatable bonds is 22. The molecule has 1 aliphatic heterocycles. The largest absolute Gasteiger partial charge is 0.858 e. The van der Waals surface area contributed by atoms with Crippen molar-refractivity contribution in [2.45, 2.75) is 122 Å². The molecule has 1 aromatic rings. The number of aliphatic hydroxyl groups excluding tert-OH is 2. The highest BCUT2D eigenvalue weighted by atomic mass is 31.2. The molecule has 0 radical (unpaired) electrons. The molecular weight excluding hydrogens is 603 g/mol. The number of unbranched alkanes of at least 4 members (excludes halogenated alkanes) is 8. The molecule has 0 spiro atoms. The Balaban J connectivity index is 1.90. The van der Waals surface area contributed by atoms with Crippen molar-refractivity contribution in [1.29, 1.82) is 0 Å². The van der Waals surface area contributed by atoms with Crippen molar-refractivity contribution >= 4 is 19.8 Å². The number of carbonyl (C=O) groups excluding carboxylic acids is 2. The fourth-order valence-electron chi connectivity index (χ4n) is 4.43. The molecule has 0 saturated carbocycles. The Kier molecular flexibility index (Phi) is 17.1. The maximum Gasteiger partial charge on any atom is 0.472 e. The number of aromatic nitrogens is 2. The molecule has 252 valence electrons. The summed E-state index contributed by atoms with van der Waals surface area (Å²) in [7, 11) is -4.83. The molecule has 0 bridgehead atoms. The highest BCUT2D eigenvalue weighted by molar-refractivity contribution is 7.47. The van der Waals surface area contributed by atoms with Crippen LogP contribution >= 0.6 is 7.82 Å². The Hall–Kier alpha value is -2.39. The third-order valence-corrected chi connectivity index (χ3v) is 7.89. The first-order chi connectivity index (χ1) is 21.0. The number of carbonyl (C=O) groups is 2. The van der Waals surface area contributed by atoms with Gasteiger partial charge >= 0.3 is 25.5 Å². The van der Waals surface area contributed by atoms with E-state index in [4.69, 9.17) is 23.3 Å². The topological polar surface area (TPSA) is 216 Å². The molecule has 1 saturated heterocycles. The molecule has 0 amide bonds. The molecule has 44 heavy (non-hydrogen) atoms. The van der Waals surface area contributed by atoms with Gasteiger partial charge in [-0.05, 0) is 24.8 Å². The van der Waals surface area contributed by atoms with Gasteiger partial charge < -0.3 is 34.4 Å². The zero-order valence-electron chi connectivity index (χ0n) is 25.4. The fourth-order valence-corrected chi connectivity index (χ4v) is 5.20.